The number of imidazole rings is 1. The maximum atomic E-state index is 12.5. The molecule has 1 amide bonds. The van der Waals surface area contributed by atoms with E-state index in [9.17, 15) is 18.0 Å². The number of hydrogen-bond acceptors (Lipinski definition) is 4. The van der Waals surface area contributed by atoms with Gasteiger partial charge in [0.2, 0.25) is 5.91 Å². The summed E-state index contributed by atoms with van der Waals surface area (Å²) in [5.41, 5.74) is 2.55. The summed E-state index contributed by atoms with van der Waals surface area (Å²) in [6.45, 7) is 2.20. The minimum atomic E-state index is -4.38. The van der Waals surface area contributed by atoms with Crippen molar-refractivity contribution in [3.8, 4) is 5.06 Å². The molecule has 3 atom stereocenters. The number of benzene rings is 1. The Kier molecular flexibility index (Phi) is 5.48. The van der Waals surface area contributed by atoms with Crippen LogP contribution in [0.25, 0.3) is 11.0 Å². The monoisotopic (exact) mass is 437 g/mol. The van der Waals surface area contributed by atoms with Crippen LogP contribution in [0.15, 0.2) is 30.3 Å². The van der Waals surface area contributed by atoms with Crippen LogP contribution in [0.2, 0.25) is 0 Å². The second kappa shape index (κ2) is 7.94. The largest absolute Gasteiger partial charge is 0.474 e. The average molecular weight is 437 g/mol. The molecule has 1 aliphatic rings. The fourth-order valence-electron chi connectivity index (χ4n) is 3.56. The zero-order chi connectivity index (χ0) is 21.5. The fourth-order valence-corrected chi connectivity index (χ4v) is 4.58. The van der Waals surface area contributed by atoms with E-state index in [2.05, 4.69) is 15.3 Å². The summed E-state index contributed by atoms with van der Waals surface area (Å²) in [5.74, 6) is 1.34. The lowest BCUT2D eigenvalue weighted by molar-refractivity contribution is -0.153. The normalized spacial score (nSPS) is 19.6. The average Bonchev–Trinajstić information content (AvgIpc) is 3.12. The summed E-state index contributed by atoms with van der Waals surface area (Å²) in [6.07, 6.45) is -3.07. The number of halogens is 3. The van der Waals surface area contributed by atoms with Gasteiger partial charge in [-0.15, -0.1) is 11.3 Å². The number of carbonyl (C=O) groups excluding carboxylic acids is 1. The van der Waals surface area contributed by atoms with E-state index < -0.39 is 12.8 Å². The van der Waals surface area contributed by atoms with E-state index >= 15 is 0 Å². The van der Waals surface area contributed by atoms with Crippen molar-refractivity contribution in [3.63, 3.8) is 0 Å². The Morgan fingerprint density at radius 1 is 1.40 bits per heavy atom. The van der Waals surface area contributed by atoms with Crippen molar-refractivity contribution in [1.29, 1.82) is 0 Å². The Balaban J connectivity index is 1.30. The highest BCUT2D eigenvalue weighted by Gasteiger charge is 2.42. The fraction of sp³-hybridized carbons (Fsp3) is 0.429. The van der Waals surface area contributed by atoms with E-state index in [-0.39, 0.29) is 28.8 Å². The maximum absolute atomic E-state index is 12.5. The van der Waals surface area contributed by atoms with E-state index in [0.717, 1.165) is 39.5 Å². The predicted octanol–water partition coefficient (Wildman–Crippen LogP) is 5.24. The van der Waals surface area contributed by atoms with Gasteiger partial charge in [-0.3, -0.25) is 4.79 Å². The summed E-state index contributed by atoms with van der Waals surface area (Å²) in [4.78, 5) is 21.2. The molecule has 1 saturated carbocycles. The molecule has 3 aromatic rings. The van der Waals surface area contributed by atoms with Crippen molar-refractivity contribution >= 4 is 28.3 Å². The van der Waals surface area contributed by atoms with Gasteiger partial charge in [0.1, 0.15) is 5.82 Å². The lowest BCUT2D eigenvalue weighted by Crippen LogP contribution is -2.26. The van der Waals surface area contributed by atoms with E-state index in [1.807, 2.05) is 31.2 Å². The van der Waals surface area contributed by atoms with Crippen LogP contribution in [0.3, 0.4) is 0 Å². The van der Waals surface area contributed by atoms with Gasteiger partial charge in [-0.2, -0.15) is 13.2 Å². The van der Waals surface area contributed by atoms with Crippen LogP contribution in [-0.2, 0) is 4.79 Å². The van der Waals surface area contributed by atoms with Crippen LogP contribution in [0.4, 0.5) is 13.2 Å². The predicted molar refractivity (Wildman–Crippen MR) is 109 cm³/mol. The number of aromatic nitrogens is 2. The van der Waals surface area contributed by atoms with E-state index in [1.165, 1.54) is 0 Å². The Morgan fingerprint density at radius 2 is 2.17 bits per heavy atom. The quantitative estimate of drug-likeness (QED) is 0.531. The molecule has 0 spiro atoms. The van der Waals surface area contributed by atoms with Gasteiger partial charge in [0, 0.05) is 22.8 Å². The first-order chi connectivity index (χ1) is 14.2. The molecule has 4 rings (SSSR count). The molecule has 0 radical (unpaired) electrons. The zero-order valence-corrected chi connectivity index (χ0v) is 17.4. The third-order valence-electron chi connectivity index (χ3n) is 5.19. The summed E-state index contributed by atoms with van der Waals surface area (Å²) < 4.78 is 42.0. The second-order valence-corrected chi connectivity index (χ2v) is 8.80. The summed E-state index contributed by atoms with van der Waals surface area (Å²) in [7, 11) is 0. The Labute approximate surface area is 175 Å². The molecular formula is C21H22F3N3O2S. The number of thiophene rings is 1. The third-order valence-corrected chi connectivity index (χ3v) is 6.52. The van der Waals surface area contributed by atoms with E-state index in [4.69, 9.17) is 4.74 Å². The topological polar surface area (TPSA) is 67.0 Å². The van der Waals surface area contributed by atoms with Crippen molar-refractivity contribution in [2.75, 3.05) is 6.61 Å². The van der Waals surface area contributed by atoms with Crippen LogP contribution in [0.5, 0.6) is 5.06 Å². The molecule has 0 saturated heterocycles. The van der Waals surface area contributed by atoms with Crippen LogP contribution in [-0.4, -0.2) is 28.7 Å². The second-order valence-electron chi connectivity index (χ2n) is 7.76. The molecule has 5 nitrogen and oxygen atoms in total. The van der Waals surface area contributed by atoms with Crippen molar-refractivity contribution in [2.45, 2.75) is 44.8 Å². The van der Waals surface area contributed by atoms with E-state index in [1.54, 1.807) is 13.0 Å². The first-order valence-corrected chi connectivity index (χ1v) is 10.5. The molecule has 2 N–H and O–H groups in total. The molecule has 1 aliphatic carbocycles. The SMILES string of the molecule is Cc1cc([C@@H](C)NC(=O)C[C@@H]2C[C@H]2c2nc3ccccc3[nH]2)sc1OCC(F)(F)F. The number of nitrogens with one attached hydrogen (secondary N) is 2. The highest BCUT2D eigenvalue weighted by molar-refractivity contribution is 7.14. The van der Waals surface area contributed by atoms with Gasteiger partial charge in [0.15, 0.2) is 11.7 Å². The highest BCUT2D eigenvalue weighted by Crippen LogP contribution is 2.48. The standard InChI is InChI=1S/C21H22F3N3O2S/c1-11-7-17(30-20(11)29-10-21(22,23)24)12(2)25-18(28)9-13-8-14(13)19-26-15-5-3-4-6-16(15)27-19/h3-7,12-14H,8-10H2,1-2H3,(H,25,28)(H,26,27)/t12-,13+,14-/m1/s1. The van der Waals surface area contributed by atoms with Crippen molar-refractivity contribution in [3.05, 3.63) is 46.6 Å². The van der Waals surface area contributed by atoms with E-state index in [0.29, 0.717) is 12.0 Å². The maximum Gasteiger partial charge on any atom is 0.422 e. The molecule has 9 heteroatoms. The number of nitrogens with zero attached hydrogens (tertiary/aromatic N) is 1. The van der Waals surface area contributed by atoms with Gasteiger partial charge in [-0.1, -0.05) is 12.1 Å². The highest BCUT2D eigenvalue weighted by atomic mass is 32.1. The number of alkyl halides is 3. The number of aromatic amines is 1. The first kappa shape index (κ1) is 20.7. The van der Waals surface area contributed by atoms with Crippen LogP contribution in [0.1, 0.15) is 48.0 Å². The van der Waals surface area contributed by atoms with Gasteiger partial charge in [-0.25, -0.2) is 4.98 Å². The number of rotatable bonds is 7. The number of H-pyrrole nitrogens is 1. The summed E-state index contributed by atoms with van der Waals surface area (Å²) in [5, 5.41) is 3.17. The first-order valence-electron chi connectivity index (χ1n) is 9.73. The summed E-state index contributed by atoms with van der Waals surface area (Å²) in [6, 6.07) is 9.29. The molecule has 2 heterocycles. The Bertz CT molecular complexity index is 1030. The minimum absolute atomic E-state index is 0.0741. The molecule has 0 aliphatic heterocycles. The van der Waals surface area contributed by atoms with Gasteiger partial charge >= 0.3 is 6.18 Å². The Hall–Kier alpha value is -2.55. The number of amides is 1. The molecular weight excluding hydrogens is 415 g/mol. The lowest BCUT2D eigenvalue weighted by atomic mass is 10.2. The molecule has 2 aromatic heterocycles. The Morgan fingerprint density at radius 3 is 2.90 bits per heavy atom. The minimum Gasteiger partial charge on any atom is -0.474 e. The molecule has 1 fully saturated rings. The van der Waals surface area contributed by atoms with Crippen molar-refractivity contribution in [2.24, 2.45) is 5.92 Å². The molecule has 0 unspecified atom stereocenters. The van der Waals surface area contributed by atoms with Gasteiger partial charge < -0.3 is 15.0 Å². The number of ether oxygens (including phenoxy) is 1. The molecule has 30 heavy (non-hydrogen) atoms. The summed E-state index contributed by atoms with van der Waals surface area (Å²) >= 11 is 1.13. The van der Waals surface area contributed by atoms with Crippen molar-refractivity contribution < 1.29 is 22.7 Å². The van der Waals surface area contributed by atoms with Crippen molar-refractivity contribution in [1.82, 2.24) is 15.3 Å². The van der Waals surface area contributed by atoms with Gasteiger partial charge in [-0.05, 0) is 44.4 Å². The molecule has 1 aromatic carbocycles. The zero-order valence-electron chi connectivity index (χ0n) is 16.5. The van der Waals surface area contributed by atoms with Crippen LogP contribution >= 0.6 is 11.3 Å². The lowest BCUT2D eigenvalue weighted by Gasteiger charge is -2.12. The number of para-hydroxylation sites is 2. The smallest absolute Gasteiger partial charge is 0.422 e. The van der Waals surface area contributed by atoms with Gasteiger partial charge in [0.25, 0.3) is 0 Å². The number of aryl methyl sites for hydroxylation is 1. The third kappa shape index (κ3) is 4.77. The number of carbonyl (C=O) groups is 1. The number of fused-ring (bicyclic) bond motifs is 1. The molecule has 0 bridgehead atoms. The molecule has 160 valence electrons. The van der Waals surface area contributed by atoms with Gasteiger partial charge in [0.05, 0.1) is 17.1 Å². The van der Waals surface area contributed by atoms with Crippen LogP contribution < -0.4 is 10.1 Å². The van der Waals surface area contributed by atoms with Crippen LogP contribution in [0, 0.1) is 12.8 Å². The number of hydrogen-bond donors (Lipinski definition) is 2.